The van der Waals surface area contributed by atoms with Crippen LogP contribution in [0.15, 0.2) is 18.3 Å². The van der Waals surface area contributed by atoms with Gasteiger partial charge in [-0.05, 0) is 18.6 Å². The van der Waals surface area contributed by atoms with Crippen LogP contribution in [0.2, 0.25) is 0 Å². The summed E-state index contributed by atoms with van der Waals surface area (Å²) in [6.07, 6.45) is 2.99. The highest BCUT2D eigenvalue weighted by Crippen LogP contribution is 2.19. The van der Waals surface area contributed by atoms with E-state index >= 15 is 0 Å². The summed E-state index contributed by atoms with van der Waals surface area (Å²) >= 11 is 0. The zero-order valence-corrected chi connectivity index (χ0v) is 10.3. The summed E-state index contributed by atoms with van der Waals surface area (Å²) in [5, 5.41) is 8.90. The molecule has 1 aromatic heterocycles. The van der Waals surface area contributed by atoms with E-state index in [2.05, 4.69) is 4.98 Å². The highest BCUT2D eigenvalue weighted by atomic mass is 16.5. The lowest BCUT2D eigenvalue weighted by Gasteiger charge is -2.38. The van der Waals surface area contributed by atoms with Crippen molar-refractivity contribution in [2.24, 2.45) is 0 Å². The number of nitrogens with zero attached hydrogens (tertiary/aromatic N) is 3. The number of nitriles is 1. The summed E-state index contributed by atoms with van der Waals surface area (Å²) in [5.74, 6) is 0.520. The number of pyridine rings is 1. The smallest absolute Gasteiger partial charge is 0.232 e. The van der Waals surface area contributed by atoms with Crippen LogP contribution in [-0.2, 0) is 4.79 Å². The molecule has 5 nitrogen and oxygen atoms in total. The molecule has 0 aromatic carbocycles. The molecule has 0 N–H and O–H groups in total. The summed E-state index contributed by atoms with van der Waals surface area (Å²) in [4.78, 5) is 17.3. The lowest BCUT2D eigenvalue weighted by molar-refractivity contribution is -0.140. The Balaban J connectivity index is 1.87. The Kier molecular flexibility index (Phi) is 3.78. The van der Waals surface area contributed by atoms with Crippen LogP contribution in [0.25, 0.3) is 0 Å². The number of aromatic nitrogens is 1. The van der Waals surface area contributed by atoms with Crippen LogP contribution in [-0.4, -0.2) is 35.0 Å². The van der Waals surface area contributed by atoms with E-state index in [-0.39, 0.29) is 12.0 Å². The van der Waals surface area contributed by atoms with Gasteiger partial charge < -0.3 is 9.64 Å². The van der Waals surface area contributed by atoms with Crippen molar-refractivity contribution in [1.82, 2.24) is 9.88 Å². The van der Waals surface area contributed by atoms with Gasteiger partial charge in [-0.15, -0.1) is 0 Å². The van der Waals surface area contributed by atoms with E-state index in [0.29, 0.717) is 31.0 Å². The van der Waals surface area contributed by atoms with Gasteiger partial charge in [0, 0.05) is 12.6 Å². The molecule has 0 atom stereocenters. The molecule has 1 aromatic rings. The Hall–Kier alpha value is -2.09. The standard InChI is InChI=1S/C13H15N3O2/c1-2-4-12(17)16-8-11(9-16)18-13-10(7-14)5-3-6-15-13/h3,5-6,11H,2,4,8-9H2,1H3. The van der Waals surface area contributed by atoms with Gasteiger partial charge in [-0.2, -0.15) is 5.26 Å². The second-order valence-electron chi connectivity index (χ2n) is 4.26. The lowest BCUT2D eigenvalue weighted by atomic mass is 10.1. The van der Waals surface area contributed by atoms with Crippen LogP contribution in [0.4, 0.5) is 0 Å². The molecule has 0 bridgehead atoms. The maximum Gasteiger partial charge on any atom is 0.232 e. The predicted molar refractivity (Wildman–Crippen MR) is 64.9 cm³/mol. The van der Waals surface area contributed by atoms with E-state index in [9.17, 15) is 4.79 Å². The Bertz CT molecular complexity index is 475. The zero-order valence-electron chi connectivity index (χ0n) is 10.3. The molecule has 0 unspecified atom stereocenters. The van der Waals surface area contributed by atoms with E-state index in [1.165, 1.54) is 0 Å². The molecule has 1 amide bonds. The Morgan fingerprint density at radius 3 is 3.11 bits per heavy atom. The molecule has 2 rings (SSSR count). The van der Waals surface area contributed by atoms with Gasteiger partial charge in [-0.3, -0.25) is 4.79 Å². The van der Waals surface area contributed by atoms with Crippen molar-refractivity contribution in [3.05, 3.63) is 23.9 Å². The summed E-state index contributed by atoms with van der Waals surface area (Å²) in [7, 11) is 0. The molecular weight excluding hydrogens is 230 g/mol. The average molecular weight is 245 g/mol. The van der Waals surface area contributed by atoms with Crippen LogP contribution in [0.5, 0.6) is 5.88 Å². The molecule has 1 saturated heterocycles. The van der Waals surface area contributed by atoms with Crippen LogP contribution in [0.1, 0.15) is 25.3 Å². The van der Waals surface area contributed by atoms with Crippen molar-refractivity contribution in [2.45, 2.75) is 25.9 Å². The van der Waals surface area contributed by atoms with Crippen LogP contribution in [0.3, 0.4) is 0 Å². The van der Waals surface area contributed by atoms with Crippen molar-refractivity contribution in [3.63, 3.8) is 0 Å². The maximum absolute atomic E-state index is 11.5. The number of likely N-dealkylation sites (tertiary alicyclic amines) is 1. The summed E-state index contributed by atoms with van der Waals surface area (Å²) in [5.41, 5.74) is 0.427. The van der Waals surface area contributed by atoms with Crippen molar-refractivity contribution >= 4 is 5.91 Å². The van der Waals surface area contributed by atoms with E-state index < -0.39 is 0 Å². The van der Waals surface area contributed by atoms with Crippen LogP contribution < -0.4 is 4.74 Å². The largest absolute Gasteiger partial charge is 0.470 e. The molecule has 18 heavy (non-hydrogen) atoms. The first kappa shape index (κ1) is 12.4. The third-order valence-electron chi connectivity index (χ3n) is 2.83. The van der Waals surface area contributed by atoms with E-state index in [1.807, 2.05) is 13.0 Å². The van der Waals surface area contributed by atoms with Crippen molar-refractivity contribution in [2.75, 3.05) is 13.1 Å². The van der Waals surface area contributed by atoms with Gasteiger partial charge in [0.15, 0.2) is 0 Å². The van der Waals surface area contributed by atoms with E-state index in [4.69, 9.17) is 10.00 Å². The van der Waals surface area contributed by atoms with Gasteiger partial charge in [0.2, 0.25) is 11.8 Å². The van der Waals surface area contributed by atoms with Crippen LogP contribution >= 0.6 is 0 Å². The fraction of sp³-hybridized carbons (Fsp3) is 0.462. The van der Waals surface area contributed by atoms with Gasteiger partial charge in [0.1, 0.15) is 17.7 Å². The number of hydrogen-bond acceptors (Lipinski definition) is 4. The van der Waals surface area contributed by atoms with Gasteiger partial charge >= 0.3 is 0 Å². The van der Waals surface area contributed by atoms with E-state index in [0.717, 1.165) is 6.42 Å². The first-order valence-electron chi connectivity index (χ1n) is 6.04. The quantitative estimate of drug-likeness (QED) is 0.803. The summed E-state index contributed by atoms with van der Waals surface area (Å²) in [6, 6.07) is 5.40. The van der Waals surface area contributed by atoms with Gasteiger partial charge in [0.05, 0.1) is 13.1 Å². The summed E-state index contributed by atoms with van der Waals surface area (Å²) < 4.78 is 5.60. The molecule has 0 aliphatic carbocycles. The van der Waals surface area contributed by atoms with Crippen LogP contribution in [0, 0.1) is 11.3 Å². The highest BCUT2D eigenvalue weighted by molar-refractivity contribution is 5.77. The fourth-order valence-electron chi connectivity index (χ4n) is 1.82. The van der Waals surface area contributed by atoms with Gasteiger partial charge in [-0.25, -0.2) is 4.98 Å². The average Bonchev–Trinajstić information content (AvgIpc) is 2.33. The minimum atomic E-state index is -0.0483. The highest BCUT2D eigenvalue weighted by Gasteiger charge is 2.32. The second-order valence-corrected chi connectivity index (χ2v) is 4.26. The Labute approximate surface area is 106 Å². The molecule has 1 aliphatic heterocycles. The zero-order chi connectivity index (χ0) is 13.0. The number of hydrogen-bond donors (Lipinski definition) is 0. The molecule has 0 radical (unpaired) electrons. The SMILES string of the molecule is CCCC(=O)N1CC(Oc2ncccc2C#N)C1. The number of amides is 1. The molecule has 0 saturated carbocycles. The third kappa shape index (κ3) is 2.59. The predicted octanol–water partition coefficient (Wildman–Crippen LogP) is 1.34. The molecule has 2 heterocycles. The number of rotatable bonds is 4. The van der Waals surface area contributed by atoms with Crippen molar-refractivity contribution < 1.29 is 9.53 Å². The monoisotopic (exact) mass is 245 g/mol. The first-order chi connectivity index (χ1) is 8.74. The molecule has 1 aliphatic rings. The molecule has 1 fully saturated rings. The Morgan fingerprint density at radius 1 is 1.67 bits per heavy atom. The fourth-order valence-corrected chi connectivity index (χ4v) is 1.82. The number of ether oxygens (including phenoxy) is 1. The van der Waals surface area contributed by atoms with Gasteiger partial charge in [-0.1, -0.05) is 6.92 Å². The molecule has 0 spiro atoms. The Morgan fingerprint density at radius 2 is 2.44 bits per heavy atom. The second kappa shape index (κ2) is 5.50. The van der Waals surface area contributed by atoms with Crippen molar-refractivity contribution in [3.8, 4) is 11.9 Å². The maximum atomic E-state index is 11.5. The van der Waals surface area contributed by atoms with E-state index in [1.54, 1.807) is 23.2 Å². The number of carbonyl (C=O) groups is 1. The van der Waals surface area contributed by atoms with Gasteiger partial charge in [0.25, 0.3) is 0 Å². The first-order valence-corrected chi connectivity index (χ1v) is 6.04. The molecule has 94 valence electrons. The number of carbonyl (C=O) groups excluding carboxylic acids is 1. The normalized spacial score (nSPS) is 14.8. The topological polar surface area (TPSA) is 66.2 Å². The molecule has 5 heteroatoms. The lowest BCUT2D eigenvalue weighted by Crippen LogP contribution is -2.56. The summed E-state index contributed by atoms with van der Waals surface area (Å²) in [6.45, 7) is 3.15. The van der Waals surface area contributed by atoms with Crippen molar-refractivity contribution in [1.29, 1.82) is 5.26 Å². The third-order valence-corrected chi connectivity index (χ3v) is 2.83. The minimum Gasteiger partial charge on any atom is -0.470 e. The molecular formula is C13H15N3O2. The minimum absolute atomic E-state index is 0.0483.